The molecule has 0 saturated heterocycles. The molecule has 29 heavy (non-hydrogen) atoms. The smallest absolute Gasteiger partial charge is 0.193 e. The van der Waals surface area contributed by atoms with Crippen molar-refractivity contribution in [3.05, 3.63) is 35.9 Å². The fraction of sp³-hybridized carbons (Fsp3) is 0.680. The van der Waals surface area contributed by atoms with Crippen LogP contribution in [0.25, 0.3) is 0 Å². The first-order valence-electron chi connectivity index (χ1n) is 11.1. The van der Waals surface area contributed by atoms with Crippen LogP contribution in [-0.2, 0) is 15.8 Å². The van der Waals surface area contributed by atoms with E-state index >= 15 is 0 Å². The fourth-order valence-corrected chi connectivity index (χ4v) is 3.96. The monoisotopic (exact) mass is 418 g/mol. The lowest BCUT2D eigenvalue weighted by molar-refractivity contribution is 0.114. The van der Waals surface area contributed by atoms with Gasteiger partial charge in [-0.2, -0.15) is 0 Å². The molecule has 0 aliphatic rings. The summed E-state index contributed by atoms with van der Waals surface area (Å²) in [7, 11) is -1.88. The molecule has 1 aromatic rings. The van der Waals surface area contributed by atoms with Gasteiger partial charge in [-0.15, -0.1) is 0 Å². The summed E-state index contributed by atoms with van der Waals surface area (Å²) in [6.45, 7) is 14.8. The highest BCUT2D eigenvalue weighted by Crippen LogP contribution is 2.37. The van der Waals surface area contributed by atoms with Crippen LogP contribution in [0.2, 0.25) is 18.1 Å². The Morgan fingerprint density at radius 3 is 2.38 bits per heavy atom. The molecule has 164 valence electrons. The zero-order valence-electron chi connectivity index (χ0n) is 19.5. The number of unbranched alkanes of at least 4 members (excludes halogenated alkanes) is 1. The SMILES string of the molecule is CCC[C@@H](O)CC#C[C@H](CCCCOCc1ccccc1)O[Si](C)(C)C(C)(C)C. The molecule has 1 N–H and O–H groups in total. The number of aliphatic hydroxyl groups excluding tert-OH is 1. The topological polar surface area (TPSA) is 38.7 Å². The third-order valence-corrected chi connectivity index (χ3v) is 10.1. The maximum atomic E-state index is 9.94. The van der Waals surface area contributed by atoms with E-state index < -0.39 is 8.32 Å². The lowest BCUT2D eigenvalue weighted by Gasteiger charge is -2.38. The maximum absolute atomic E-state index is 9.94. The summed E-state index contributed by atoms with van der Waals surface area (Å²) in [5.41, 5.74) is 1.21. The van der Waals surface area contributed by atoms with Gasteiger partial charge in [-0.3, -0.25) is 0 Å². The number of ether oxygens (including phenoxy) is 1. The Hall–Kier alpha value is -1.12. The quantitative estimate of drug-likeness (QED) is 0.245. The van der Waals surface area contributed by atoms with E-state index in [0.29, 0.717) is 13.0 Å². The molecule has 0 amide bonds. The van der Waals surface area contributed by atoms with E-state index in [4.69, 9.17) is 9.16 Å². The van der Waals surface area contributed by atoms with E-state index in [0.717, 1.165) is 38.7 Å². The van der Waals surface area contributed by atoms with Crippen molar-refractivity contribution in [3.63, 3.8) is 0 Å². The van der Waals surface area contributed by atoms with Crippen molar-refractivity contribution in [1.82, 2.24) is 0 Å². The number of hydrogen-bond donors (Lipinski definition) is 1. The van der Waals surface area contributed by atoms with E-state index in [1.807, 2.05) is 18.2 Å². The van der Waals surface area contributed by atoms with Crippen LogP contribution in [0.4, 0.5) is 0 Å². The number of hydrogen-bond acceptors (Lipinski definition) is 3. The van der Waals surface area contributed by atoms with Crippen LogP contribution in [0.1, 0.15) is 71.8 Å². The van der Waals surface area contributed by atoms with Crippen LogP contribution >= 0.6 is 0 Å². The minimum Gasteiger partial charge on any atom is -0.403 e. The van der Waals surface area contributed by atoms with Gasteiger partial charge < -0.3 is 14.3 Å². The molecule has 0 spiro atoms. The summed E-state index contributed by atoms with van der Waals surface area (Å²) >= 11 is 0. The molecule has 0 radical (unpaired) electrons. The van der Waals surface area contributed by atoms with Gasteiger partial charge >= 0.3 is 0 Å². The molecule has 0 fully saturated rings. The minimum absolute atomic E-state index is 0.0566. The average molecular weight is 419 g/mol. The summed E-state index contributed by atoms with van der Waals surface area (Å²) in [4.78, 5) is 0. The van der Waals surface area contributed by atoms with Crippen LogP contribution in [0, 0.1) is 11.8 Å². The van der Waals surface area contributed by atoms with Crippen LogP contribution < -0.4 is 0 Å². The lowest BCUT2D eigenvalue weighted by Crippen LogP contribution is -2.43. The number of aliphatic hydroxyl groups is 1. The average Bonchev–Trinajstić information content (AvgIpc) is 2.64. The van der Waals surface area contributed by atoms with Gasteiger partial charge in [0.1, 0.15) is 6.10 Å². The highest BCUT2D eigenvalue weighted by atomic mass is 28.4. The van der Waals surface area contributed by atoms with E-state index in [1.54, 1.807) is 0 Å². The van der Waals surface area contributed by atoms with Crippen LogP contribution in [0.15, 0.2) is 30.3 Å². The fourth-order valence-electron chi connectivity index (χ4n) is 2.72. The van der Waals surface area contributed by atoms with Gasteiger partial charge in [0, 0.05) is 13.0 Å². The zero-order chi connectivity index (χ0) is 21.8. The van der Waals surface area contributed by atoms with Gasteiger partial charge in [-0.1, -0.05) is 76.3 Å². The first kappa shape index (κ1) is 25.9. The van der Waals surface area contributed by atoms with Crippen molar-refractivity contribution in [2.45, 2.75) is 103 Å². The van der Waals surface area contributed by atoms with Gasteiger partial charge in [-0.05, 0) is 49.4 Å². The summed E-state index contributed by atoms with van der Waals surface area (Å²) in [5.74, 6) is 6.50. The second kappa shape index (κ2) is 13.2. The molecular weight excluding hydrogens is 376 g/mol. The van der Waals surface area contributed by atoms with Crippen LogP contribution in [-0.4, -0.2) is 32.2 Å². The summed E-state index contributed by atoms with van der Waals surface area (Å²) in [5, 5.41) is 10.1. The van der Waals surface area contributed by atoms with Crippen LogP contribution in [0.3, 0.4) is 0 Å². The van der Waals surface area contributed by atoms with Crippen molar-refractivity contribution < 1.29 is 14.3 Å². The standard InChI is InChI=1S/C25H42O3Si/c1-7-14-23(26)17-13-19-24(28-29(5,6)25(2,3)4)18-11-12-20-27-21-22-15-9-8-10-16-22/h8-10,15-16,23-24,26H,7,11-12,14,17-18,20-21H2,1-6H3/t23-,24+/m1/s1. The molecule has 2 atom stereocenters. The predicted molar refractivity (Wildman–Crippen MR) is 125 cm³/mol. The first-order chi connectivity index (χ1) is 13.7. The molecule has 0 unspecified atom stereocenters. The van der Waals surface area contributed by atoms with Crippen molar-refractivity contribution >= 4 is 8.32 Å². The molecule has 0 aliphatic carbocycles. The third-order valence-electron chi connectivity index (χ3n) is 5.58. The largest absolute Gasteiger partial charge is 0.403 e. The van der Waals surface area contributed by atoms with E-state index in [-0.39, 0.29) is 17.2 Å². The Morgan fingerprint density at radius 2 is 1.76 bits per heavy atom. The molecule has 0 saturated carbocycles. The summed E-state index contributed by atoms with van der Waals surface area (Å²) in [6, 6.07) is 10.3. The number of rotatable bonds is 12. The molecular formula is C25H42O3Si. The summed E-state index contributed by atoms with van der Waals surface area (Å²) in [6.07, 6.45) is 4.89. The van der Waals surface area contributed by atoms with Crippen molar-refractivity contribution in [1.29, 1.82) is 0 Å². The van der Waals surface area contributed by atoms with Gasteiger partial charge in [0.25, 0.3) is 0 Å². The minimum atomic E-state index is -1.88. The molecule has 1 rings (SSSR count). The second-order valence-electron chi connectivity index (χ2n) is 9.37. The van der Waals surface area contributed by atoms with Gasteiger partial charge in [0.05, 0.1) is 12.7 Å². The van der Waals surface area contributed by atoms with Gasteiger partial charge in [0.15, 0.2) is 8.32 Å². The Balaban J connectivity index is 2.49. The molecule has 0 aliphatic heterocycles. The first-order valence-corrected chi connectivity index (χ1v) is 14.0. The van der Waals surface area contributed by atoms with Crippen molar-refractivity contribution in [2.24, 2.45) is 0 Å². The van der Waals surface area contributed by atoms with Gasteiger partial charge in [-0.25, -0.2) is 0 Å². The molecule has 0 heterocycles. The molecule has 0 bridgehead atoms. The summed E-state index contributed by atoms with van der Waals surface area (Å²) < 4.78 is 12.4. The Morgan fingerprint density at radius 1 is 1.07 bits per heavy atom. The molecule has 3 nitrogen and oxygen atoms in total. The van der Waals surface area contributed by atoms with E-state index in [9.17, 15) is 5.11 Å². The normalized spacial score (nSPS) is 14.2. The van der Waals surface area contributed by atoms with E-state index in [2.05, 4.69) is 64.8 Å². The zero-order valence-corrected chi connectivity index (χ0v) is 20.5. The number of benzene rings is 1. The highest BCUT2D eigenvalue weighted by molar-refractivity contribution is 6.74. The second-order valence-corrected chi connectivity index (χ2v) is 14.1. The third kappa shape index (κ3) is 11.0. The van der Waals surface area contributed by atoms with Crippen molar-refractivity contribution in [2.75, 3.05) is 6.61 Å². The Bertz CT molecular complexity index is 610. The molecule has 4 heteroatoms. The highest BCUT2D eigenvalue weighted by Gasteiger charge is 2.38. The van der Waals surface area contributed by atoms with Crippen LogP contribution in [0.5, 0.6) is 0 Å². The molecule has 0 aromatic heterocycles. The van der Waals surface area contributed by atoms with E-state index in [1.165, 1.54) is 5.56 Å². The van der Waals surface area contributed by atoms with Crippen molar-refractivity contribution in [3.8, 4) is 11.8 Å². The van der Waals surface area contributed by atoms with Gasteiger partial charge in [0.2, 0.25) is 0 Å². The Labute approximate surface area is 180 Å². The Kier molecular flexibility index (Phi) is 11.8. The predicted octanol–water partition coefficient (Wildman–Crippen LogP) is 6.32. The lowest BCUT2D eigenvalue weighted by atomic mass is 10.1. The molecule has 1 aromatic carbocycles. The maximum Gasteiger partial charge on any atom is 0.193 e.